The normalized spacial score (nSPS) is 23.6. The third-order valence-electron chi connectivity index (χ3n) is 6.88. The molecule has 0 unspecified atom stereocenters. The molecule has 4 rings (SSSR count). The first-order valence-electron chi connectivity index (χ1n) is 11.5. The van der Waals surface area contributed by atoms with Crippen LogP contribution in [0.3, 0.4) is 0 Å². The summed E-state index contributed by atoms with van der Waals surface area (Å²) in [6.07, 6.45) is -0.118. The minimum Gasteiger partial charge on any atom is -0.408 e. The Morgan fingerprint density at radius 3 is 2.65 bits per heavy atom. The summed E-state index contributed by atoms with van der Waals surface area (Å²) in [6, 6.07) is 9.73. The monoisotopic (exact) mass is 486 g/mol. The van der Waals surface area contributed by atoms with E-state index in [1.165, 1.54) is 6.33 Å². The SMILES string of the molecule is CC(C)(C)[Si](C)(C)O[C@@H]1[C@H](NCc2ccccc2)[C@@H](CO)O[C@H]1n1cnc2c(=O)[nH]c(N)nc21. The molecule has 10 nitrogen and oxygen atoms in total. The number of aromatic amines is 1. The van der Waals surface area contributed by atoms with Gasteiger partial charge in [-0.2, -0.15) is 4.98 Å². The Labute approximate surface area is 199 Å². The van der Waals surface area contributed by atoms with Gasteiger partial charge in [0.05, 0.1) is 19.0 Å². The summed E-state index contributed by atoms with van der Waals surface area (Å²) in [4.78, 5) is 23.4. The molecule has 0 radical (unpaired) electrons. The molecule has 3 aromatic rings. The predicted molar refractivity (Wildman–Crippen MR) is 133 cm³/mol. The second-order valence-corrected chi connectivity index (χ2v) is 15.0. The van der Waals surface area contributed by atoms with E-state index in [4.69, 9.17) is 14.9 Å². The van der Waals surface area contributed by atoms with Crippen LogP contribution in [-0.2, 0) is 15.7 Å². The van der Waals surface area contributed by atoms with Crippen LogP contribution in [0.2, 0.25) is 18.1 Å². The molecular formula is C23H34N6O4Si. The van der Waals surface area contributed by atoms with Gasteiger partial charge in [-0.15, -0.1) is 0 Å². The van der Waals surface area contributed by atoms with E-state index < -0.39 is 32.3 Å². The fraction of sp³-hybridized carbons (Fsp3) is 0.522. The third kappa shape index (κ3) is 4.66. The molecule has 0 bridgehead atoms. The highest BCUT2D eigenvalue weighted by Crippen LogP contribution is 2.42. The van der Waals surface area contributed by atoms with Gasteiger partial charge in [0.15, 0.2) is 25.7 Å². The van der Waals surface area contributed by atoms with Crippen molar-refractivity contribution in [3.63, 3.8) is 0 Å². The summed E-state index contributed by atoms with van der Waals surface area (Å²) >= 11 is 0. The number of nitrogens with zero attached hydrogens (tertiary/aromatic N) is 3. The molecule has 1 aliphatic rings. The molecule has 34 heavy (non-hydrogen) atoms. The van der Waals surface area contributed by atoms with Gasteiger partial charge in [0.25, 0.3) is 5.56 Å². The van der Waals surface area contributed by atoms with Crippen molar-refractivity contribution in [3.8, 4) is 0 Å². The average Bonchev–Trinajstić information content (AvgIpc) is 3.33. The van der Waals surface area contributed by atoms with E-state index in [2.05, 4.69) is 54.1 Å². The van der Waals surface area contributed by atoms with Gasteiger partial charge in [-0.1, -0.05) is 51.1 Å². The molecule has 184 valence electrons. The van der Waals surface area contributed by atoms with E-state index >= 15 is 0 Å². The van der Waals surface area contributed by atoms with Crippen molar-refractivity contribution >= 4 is 25.4 Å². The number of imidazole rings is 1. The molecular weight excluding hydrogens is 452 g/mol. The highest BCUT2D eigenvalue weighted by Gasteiger charge is 2.51. The van der Waals surface area contributed by atoms with Crippen LogP contribution in [-0.4, -0.2) is 57.8 Å². The van der Waals surface area contributed by atoms with Crippen LogP contribution in [0.4, 0.5) is 5.95 Å². The quantitative estimate of drug-likeness (QED) is 0.372. The van der Waals surface area contributed by atoms with Crippen molar-refractivity contribution < 1.29 is 14.3 Å². The lowest BCUT2D eigenvalue weighted by Crippen LogP contribution is -2.53. The number of nitrogens with one attached hydrogen (secondary N) is 2. The van der Waals surface area contributed by atoms with Crippen LogP contribution in [0.5, 0.6) is 0 Å². The van der Waals surface area contributed by atoms with Crippen molar-refractivity contribution in [2.24, 2.45) is 0 Å². The number of aromatic nitrogens is 4. The lowest BCUT2D eigenvalue weighted by molar-refractivity contribution is -0.0464. The van der Waals surface area contributed by atoms with E-state index in [1.54, 1.807) is 4.57 Å². The number of fused-ring (bicyclic) bond motifs is 1. The summed E-state index contributed by atoms with van der Waals surface area (Å²) in [5.74, 6) is -0.00317. The summed E-state index contributed by atoms with van der Waals surface area (Å²) in [7, 11) is -2.25. The molecule has 1 aliphatic heterocycles. The number of anilines is 1. The number of rotatable bonds is 7. The van der Waals surface area contributed by atoms with Crippen LogP contribution in [0.1, 0.15) is 32.6 Å². The molecule has 0 saturated carbocycles. The van der Waals surface area contributed by atoms with E-state index in [0.717, 1.165) is 5.56 Å². The van der Waals surface area contributed by atoms with Gasteiger partial charge in [-0.3, -0.25) is 14.3 Å². The molecule has 3 heterocycles. The molecule has 5 N–H and O–H groups in total. The van der Waals surface area contributed by atoms with Gasteiger partial charge >= 0.3 is 0 Å². The largest absolute Gasteiger partial charge is 0.408 e. The van der Waals surface area contributed by atoms with E-state index in [0.29, 0.717) is 12.2 Å². The van der Waals surface area contributed by atoms with Gasteiger partial charge in [0, 0.05) is 6.54 Å². The van der Waals surface area contributed by atoms with Gasteiger partial charge in [0.2, 0.25) is 5.95 Å². The van der Waals surface area contributed by atoms with Crippen molar-refractivity contribution in [2.75, 3.05) is 12.3 Å². The minimum absolute atomic E-state index is 0.00317. The summed E-state index contributed by atoms with van der Waals surface area (Å²) in [5, 5.41) is 13.7. The molecule has 1 aromatic carbocycles. The van der Waals surface area contributed by atoms with Crippen molar-refractivity contribution in [3.05, 3.63) is 52.6 Å². The first kappa shape index (κ1) is 24.5. The zero-order chi connectivity index (χ0) is 24.7. The number of ether oxygens (including phenoxy) is 1. The Hall–Kier alpha value is -2.57. The number of hydrogen-bond donors (Lipinski definition) is 4. The zero-order valence-electron chi connectivity index (χ0n) is 20.3. The second kappa shape index (κ2) is 9.23. The molecule has 11 heteroatoms. The number of aliphatic hydroxyl groups is 1. The van der Waals surface area contributed by atoms with Gasteiger partial charge in [-0.25, -0.2) is 4.98 Å². The maximum absolute atomic E-state index is 12.3. The molecule has 1 fully saturated rings. The van der Waals surface area contributed by atoms with Crippen LogP contribution in [0, 0.1) is 0 Å². The molecule has 0 amide bonds. The number of benzene rings is 1. The Balaban J connectivity index is 1.74. The zero-order valence-corrected chi connectivity index (χ0v) is 21.3. The summed E-state index contributed by atoms with van der Waals surface area (Å²) in [6.45, 7) is 11.3. The minimum atomic E-state index is -2.25. The van der Waals surface area contributed by atoms with Crippen LogP contribution < -0.4 is 16.6 Å². The molecule has 4 atom stereocenters. The first-order valence-corrected chi connectivity index (χ1v) is 14.4. The second-order valence-electron chi connectivity index (χ2n) is 10.3. The Morgan fingerprint density at radius 1 is 1.29 bits per heavy atom. The van der Waals surface area contributed by atoms with Gasteiger partial charge in [-0.05, 0) is 23.7 Å². The van der Waals surface area contributed by atoms with Crippen LogP contribution in [0.25, 0.3) is 11.2 Å². The standard InChI is InChI=1S/C23H34N6O4Si/c1-23(2,3)34(4,5)33-18-16(25-11-14-9-7-6-8-10-14)15(12-30)32-21(18)29-13-26-17-19(29)27-22(24)28-20(17)31/h6-10,13,15-16,18,21,25,30H,11-12H2,1-5H3,(H3,24,27,28,31)/t15-,16-,18-,21-/m1/s1. The van der Waals surface area contributed by atoms with Crippen molar-refractivity contribution in [1.29, 1.82) is 0 Å². The number of hydrogen-bond acceptors (Lipinski definition) is 8. The highest BCUT2D eigenvalue weighted by atomic mass is 28.4. The molecule has 0 spiro atoms. The first-order chi connectivity index (χ1) is 16.0. The molecule has 1 saturated heterocycles. The topological polar surface area (TPSA) is 140 Å². The summed E-state index contributed by atoms with van der Waals surface area (Å²) in [5.41, 5.74) is 6.99. The third-order valence-corrected chi connectivity index (χ3v) is 11.3. The Kier molecular flexibility index (Phi) is 6.66. The number of H-pyrrole nitrogens is 1. The average molecular weight is 487 g/mol. The van der Waals surface area contributed by atoms with E-state index in [-0.39, 0.29) is 29.2 Å². The predicted octanol–water partition coefficient (Wildman–Crippen LogP) is 2.14. The number of aliphatic hydroxyl groups excluding tert-OH is 1. The van der Waals surface area contributed by atoms with Gasteiger partial charge < -0.3 is 25.3 Å². The molecule has 2 aromatic heterocycles. The Bertz CT molecular complexity index is 1190. The molecule has 0 aliphatic carbocycles. The smallest absolute Gasteiger partial charge is 0.280 e. The number of nitrogen functional groups attached to an aromatic ring is 1. The van der Waals surface area contributed by atoms with Crippen LogP contribution >= 0.6 is 0 Å². The van der Waals surface area contributed by atoms with E-state index in [9.17, 15) is 9.90 Å². The van der Waals surface area contributed by atoms with Crippen LogP contribution in [0.15, 0.2) is 41.5 Å². The van der Waals surface area contributed by atoms with Crippen molar-refractivity contribution in [1.82, 2.24) is 24.8 Å². The number of nitrogens with two attached hydrogens (primary N) is 1. The lowest BCUT2D eigenvalue weighted by atomic mass is 10.1. The lowest BCUT2D eigenvalue weighted by Gasteiger charge is -2.41. The maximum atomic E-state index is 12.3. The maximum Gasteiger partial charge on any atom is 0.280 e. The van der Waals surface area contributed by atoms with Crippen molar-refractivity contribution in [2.45, 2.75) is 69.9 Å². The van der Waals surface area contributed by atoms with Gasteiger partial charge in [0.1, 0.15) is 12.2 Å². The summed E-state index contributed by atoms with van der Waals surface area (Å²) < 4.78 is 14.9. The van der Waals surface area contributed by atoms with E-state index in [1.807, 2.05) is 30.3 Å². The Morgan fingerprint density at radius 2 is 2.00 bits per heavy atom. The highest BCUT2D eigenvalue weighted by molar-refractivity contribution is 6.74. The fourth-order valence-corrected chi connectivity index (χ4v) is 5.26. The fourth-order valence-electron chi connectivity index (χ4n) is 3.97.